The van der Waals surface area contributed by atoms with Crippen molar-refractivity contribution in [1.82, 2.24) is 15.1 Å². The van der Waals surface area contributed by atoms with Gasteiger partial charge in [0.25, 0.3) is 5.91 Å². The molecule has 2 N–H and O–H groups in total. The van der Waals surface area contributed by atoms with E-state index in [9.17, 15) is 9.90 Å². The highest BCUT2D eigenvalue weighted by molar-refractivity contribution is 6.05. The van der Waals surface area contributed by atoms with Gasteiger partial charge in [-0.15, -0.1) is 5.10 Å². The zero-order valence-electron chi connectivity index (χ0n) is 12.6. The van der Waals surface area contributed by atoms with Crippen molar-refractivity contribution in [2.75, 3.05) is 38.7 Å². The van der Waals surface area contributed by atoms with E-state index in [1.807, 2.05) is 0 Å². The maximum Gasteiger partial charge on any atom is 0.256 e. The molecule has 2 heterocycles. The Bertz CT molecular complexity index is 726. The molecule has 1 aliphatic rings. The molecule has 0 spiro atoms. The molecule has 0 unspecified atom stereocenters. The van der Waals surface area contributed by atoms with Crippen LogP contribution in [0.3, 0.4) is 0 Å². The van der Waals surface area contributed by atoms with Crippen LogP contribution in [0.1, 0.15) is 16.1 Å². The van der Waals surface area contributed by atoms with E-state index < -0.39 is 0 Å². The van der Waals surface area contributed by atoms with Crippen molar-refractivity contribution in [3.63, 3.8) is 0 Å². The van der Waals surface area contributed by atoms with E-state index in [2.05, 4.69) is 15.5 Å². The lowest BCUT2D eigenvalue weighted by Gasteiger charge is -2.27. The van der Waals surface area contributed by atoms with Crippen LogP contribution in [0, 0.1) is 6.92 Å². The van der Waals surface area contributed by atoms with Gasteiger partial charge in [-0.25, -0.2) is 0 Å². The number of hydrogen-bond acceptors (Lipinski definition) is 6. The zero-order chi connectivity index (χ0) is 15.7. The van der Waals surface area contributed by atoms with Gasteiger partial charge in [0.05, 0.1) is 24.5 Å². The predicted octanol–water partition coefficient (Wildman–Crippen LogP) is 1.16. The standard InChI is InChI=1S/C15H18N4O3/c1-9-10-7-12(15(21)19-3-5-22-6-4-19)13(16-2)8-11(10)14(20)18-17-9/h7-8,16H,3-6H2,1-2H3,(H,18,20). The number of anilines is 1. The smallest absolute Gasteiger partial charge is 0.256 e. The molecule has 7 heteroatoms. The third-order valence-electron chi connectivity index (χ3n) is 3.88. The summed E-state index contributed by atoms with van der Waals surface area (Å²) in [7, 11) is 1.75. The Morgan fingerprint density at radius 2 is 2.00 bits per heavy atom. The molecule has 1 saturated heterocycles. The Morgan fingerprint density at radius 1 is 1.27 bits per heavy atom. The van der Waals surface area contributed by atoms with E-state index in [-0.39, 0.29) is 11.8 Å². The van der Waals surface area contributed by atoms with Crippen LogP contribution in [-0.4, -0.2) is 59.5 Å². The van der Waals surface area contributed by atoms with E-state index in [1.54, 1.807) is 31.0 Å². The molecule has 116 valence electrons. The van der Waals surface area contributed by atoms with Crippen molar-refractivity contribution in [1.29, 1.82) is 0 Å². The molecule has 3 rings (SSSR count). The molecule has 1 fully saturated rings. The lowest BCUT2D eigenvalue weighted by molar-refractivity contribution is 0.0303. The van der Waals surface area contributed by atoms with Crippen LogP contribution >= 0.6 is 0 Å². The lowest BCUT2D eigenvalue weighted by atomic mass is 10.0. The highest BCUT2D eigenvalue weighted by Gasteiger charge is 2.22. The zero-order valence-corrected chi connectivity index (χ0v) is 12.6. The summed E-state index contributed by atoms with van der Waals surface area (Å²) >= 11 is 0. The average Bonchev–Trinajstić information content (AvgIpc) is 2.57. The number of ether oxygens (including phenoxy) is 1. The summed E-state index contributed by atoms with van der Waals surface area (Å²) in [5.41, 5.74) is 1.89. The Labute approximate surface area is 127 Å². The lowest BCUT2D eigenvalue weighted by Crippen LogP contribution is -2.40. The van der Waals surface area contributed by atoms with Crippen molar-refractivity contribution >= 4 is 22.4 Å². The minimum Gasteiger partial charge on any atom is -0.492 e. The fourth-order valence-corrected chi connectivity index (χ4v) is 2.63. The number of hydrogen-bond donors (Lipinski definition) is 2. The molecular formula is C15H18N4O3. The number of carbonyl (C=O) groups excluding carboxylic acids is 1. The summed E-state index contributed by atoms with van der Waals surface area (Å²) in [6.45, 7) is 4.08. The van der Waals surface area contributed by atoms with E-state index in [0.717, 1.165) is 5.39 Å². The second kappa shape index (κ2) is 5.76. The first-order valence-electron chi connectivity index (χ1n) is 7.16. The third-order valence-corrected chi connectivity index (χ3v) is 3.88. The number of nitrogens with one attached hydrogen (secondary N) is 1. The van der Waals surface area contributed by atoms with Crippen LogP contribution in [0.5, 0.6) is 5.88 Å². The summed E-state index contributed by atoms with van der Waals surface area (Å²) in [5.74, 6) is -0.187. The maximum atomic E-state index is 12.8. The molecule has 0 saturated carbocycles. The summed E-state index contributed by atoms with van der Waals surface area (Å²) in [4.78, 5) is 14.5. The molecule has 2 aromatic rings. The Morgan fingerprint density at radius 3 is 2.68 bits per heavy atom. The van der Waals surface area contributed by atoms with Crippen molar-refractivity contribution in [3.05, 3.63) is 23.4 Å². The first-order valence-corrected chi connectivity index (χ1v) is 7.16. The first-order chi connectivity index (χ1) is 10.6. The number of nitrogens with zero attached hydrogens (tertiary/aromatic N) is 3. The number of carbonyl (C=O) groups is 1. The van der Waals surface area contributed by atoms with Gasteiger partial charge in [0.15, 0.2) is 0 Å². The Balaban J connectivity index is 2.11. The van der Waals surface area contributed by atoms with Gasteiger partial charge in [-0.3, -0.25) is 4.79 Å². The maximum absolute atomic E-state index is 12.8. The SMILES string of the molecule is CNc1cc2c(O)nnc(C)c2cc1C(=O)N1CCOCC1. The van der Waals surface area contributed by atoms with Crippen LogP contribution < -0.4 is 5.32 Å². The number of aromatic hydroxyl groups is 1. The molecule has 0 atom stereocenters. The number of aryl methyl sites for hydroxylation is 1. The molecule has 1 aromatic carbocycles. The van der Waals surface area contributed by atoms with Crippen molar-refractivity contribution in [2.45, 2.75) is 6.92 Å². The van der Waals surface area contributed by atoms with Gasteiger partial charge in [0.2, 0.25) is 5.88 Å². The topological polar surface area (TPSA) is 87.6 Å². The average molecular weight is 302 g/mol. The third kappa shape index (κ3) is 2.43. The van der Waals surface area contributed by atoms with Crippen LogP contribution in [0.15, 0.2) is 12.1 Å². The van der Waals surface area contributed by atoms with Crippen molar-refractivity contribution < 1.29 is 14.6 Å². The normalized spacial score (nSPS) is 15.1. The summed E-state index contributed by atoms with van der Waals surface area (Å²) in [6.07, 6.45) is 0. The number of rotatable bonds is 2. The predicted molar refractivity (Wildman–Crippen MR) is 82.2 cm³/mol. The van der Waals surface area contributed by atoms with Crippen LogP contribution in [0.25, 0.3) is 10.8 Å². The van der Waals surface area contributed by atoms with Gasteiger partial charge in [-0.2, -0.15) is 5.10 Å². The van der Waals surface area contributed by atoms with Gasteiger partial charge < -0.3 is 20.1 Å². The van der Waals surface area contributed by atoms with Crippen molar-refractivity contribution in [2.24, 2.45) is 0 Å². The quantitative estimate of drug-likeness (QED) is 0.865. The molecule has 22 heavy (non-hydrogen) atoms. The molecule has 0 aliphatic carbocycles. The minimum absolute atomic E-state index is 0.0507. The molecule has 1 amide bonds. The van der Waals surface area contributed by atoms with Crippen molar-refractivity contribution in [3.8, 4) is 5.88 Å². The van der Waals surface area contributed by atoms with Gasteiger partial charge in [0.1, 0.15) is 0 Å². The number of aromatic nitrogens is 2. The minimum atomic E-state index is -0.137. The van der Waals surface area contributed by atoms with Crippen LogP contribution in [-0.2, 0) is 4.74 Å². The molecule has 1 aliphatic heterocycles. The fraction of sp³-hybridized carbons (Fsp3) is 0.400. The highest BCUT2D eigenvalue weighted by Crippen LogP contribution is 2.30. The number of amides is 1. The summed E-state index contributed by atoms with van der Waals surface area (Å²) in [5, 5.41) is 21.8. The number of benzene rings is 1. The molecule has 0 bridgehead atoms. The van der Waals surface area contributed by atoms with Gasteiger partial charge >= 0.3 is 0 Å². The monoisotopic (exact) mass is 302 g/mol. The van der Waals surface area contributed by atoms with Crippen LogP contribution in [0.4, 0.5) is 5.69 Å². The Hall–Kier alpha value is -2.41. The second-order valence-corrected chi connectivity index (χ2v) is 5.21. The fourth-order valence-electron chi connectivity index (χ4n) is 2.63. The van der Waals surface area contributed by atoms with E-state index in [4.69, 9.17) is 4.74 Å². The van der Waals surface area contributed by atoms with E-state index in [0.29, 0.717) is 48.6 Å². The van der Waals surface area contributed by atoms with E-state index in [1.165, 1.54) is 0 Å². The summed E-state index contributed by atoms with van der Waals surface area (Å²) in [6, 6.07) is 3.50. The largest absolute Gasteiger partial charge is 0.492 e. The molecule has 1 aromatic heterocycles. The molecule has 0 radical (unpaired) electrons. The number of fused-ring (bicyclic) bond motifs is 1. The number of morpholine rings is 1. The Kier molecular flexibility index (Phi) is 3.81. The van der Waals surface area contributed by atoms with Gasteiger partial charge in [-0.1, -0.05) is 0 Å². The van der Waals surface area contributed by atoms with Crippen LogP contribution in [0.2, 0.25) is 0 Å². The molecule has 7 nitrogen and oxygen atoms in total. The van der Waals surface area contributed by atoms with Gasteiger partial charge in [0, 0.05) is 36.6 Å². The highest BCUT2D eigenvalue weighted by atomic mass is 16.5. The first kappa shape index (κ1) is 14.5. The van der Waals surface area contributed by atoms with E-state index >= 15 is 0 Å². The summed E-state index contributed by atoms with van der Waals surface area (Å²) < 4.78 is 5.29. The van der Waals surface area contributed by atoms with Gasteiger partial charge in [-0.05, 0) is 19.1 Å². The second-order valence-electron chi connectivity index (χ2n) is 5.21. The molecular weight excluding hydrogens is 284 g/mol.